The van der Waals surface area contributed by atoms with Gasteiger partial charge in [0.05, 0.1) is 0 Å². The molecule has 0 fully saturated rings. The monoisotopic (exact) mass is 169 g/mol. The molecule has 0 saturated carbocycles. The fraction of sp³-hybridized carbons (Fsp3) is 0.800. The van der Waals surface area contributed by atoms with Crippen LogP contribution in [0.2, 0.25) is 0 Å². The summed E-state index contributed by atoms with van der Waals surface area (Å²) in [6, 6.07) is 0.490. The highest BCUT2D eigenvalue weighted by molar-refractivity contribution is 5.05. The summed E-state index contributed by atoms with van der Waals surface area (Å²) >= 11 is 0. The first-order valence-electron chi connectivity index (χ1n) is 4.75. The van der Waals surface area contributed by atoms with E-state index in [4.69, 9.17) is 5.11 Å². The summed E-state index contributed by atoms with van der Waals surface area (Å²) in [5.41, 5.74) is 0. The van der Waals surface area contributed by atoms with Gasteiger partial charge in [-0.1, -0.05) is 26.0 Å². The Bertz CT molecular complexity index is 154. The van der Waals surface area contributed by atoms with Crippen molar-refractivity contribution in [1.82, 2.24) is 5.32 Å². The quantitative estimate of drug-likeness (QED) is 0.619. The second-order valence-electron chi connectivity index (χ2n) is 3.97. The van der Waals surface area contributed by atoms with Crippen LogP contribution in [0.25, 0.3) is 0 Å². The third-order valence-corrected chi connectivity index (χ3v) is 2.20. The molecule has 12 heavy (non-hydrogen) atoms. The molecule has 2 N–H and O–H groups in total. The van der Waals surface area contributed by atoms with Crippen molar-refractivity contribution in [1.29, 1.82) is 0 Å². The van der Waals surface area contributed by atoms with Gasteiger partial charge >= 0.3 is 0 Å². The fourth-order valence-electron chi connectivity index (χ4n) is 1.45. The number of rotatable bonds is 4. The number of aliphatic hydroxyl groups excluding tert-OH is 1. The van der Waals surface area contributed by atoms with E-state index in [2.05, 4.69) is 31.3 Å². The lowest BCUT2D eigenvalue weighted by atomic mass is 10.1. The zero-order chi connectivity index (χ0) is 8.97. The minimum Gasteiger partial charge on any atom is -0.396 e. The van der Waals surface area contributed by atoms with Crippen LogP contribution in [0.1, 0.15) is 20.3 Å². The molecule has 0 radical (unpaired) electrons. The minimum atomic E-state index is 0.288. The van der Waals surface area contributed by atoms with Crippen LogP contribution in [0, 0.1) is 11.8 Å². The van der Waals surface area contributed by atoms with Crippen molar-refractivity contribution in [3.8, 4) is 0 Å². The van der Waals surface area contributed by atoms with Gasteiger partial charge in [0, 0.05) is 18.6 Å². The van der Waals surface area contributed by atoms with Crippen LogP contribution in [0.4, 0.5) is 0 Å². The maximum absolute atomic E-state index is 8.88. The summed E-state index contributed by atoms with van der Waals surface area (Å²) in [4.78, 5) is 0. The van der Waals surface area contributed by atoms with Gasteiger partial charge in [-0.15, -0.1) is 0 Å². The van der Waals surface area contributed by atoms with Gasteiger partial charge in [-0.2, -0.15) is 0 Å². The van der Waals surface area contributed by atoms with Gasteiger partial charge in [-0.25, -0.2) is 0 Å². The topological polar surface area (TPSA) is 32.3 Å². The van der Waals surface area contributed by atoms with E-state index in [0.29, 0.717) is 17.9 Å². The minimum absolute atomic E-state index is 0.288. The summed E-state index contributed by atoms with van der Waals surface area (Å²) in [6.07, 6.45) is 5.34. The molecule has 0 heterocycles. The van der Waals surface area contributed by atoms with Crippen molar-refractivity contribution in [2.75, 3.05) is 13.2 Å². The maximum Gasteiger partial charge on any atom is 0.0494 e. The molecule has 2 nitrogen and oxygen atoms in total. The predicted molar refractivity (Wildman–Crippen MR) is 51.0 cm³/mol. The van der Waals surface area contributed by atoms with Crippen molar-refractivity contribution in [3.05, 3.63) is 12.2 Å². The highest BCUT2D eigenvalue weighted by Gasteiger charge is 2.17. The van der Waals surface area contributed by atoms with Crippen LogP contribution in [0.3, 0.4) is 0 Å². The summed E-state index contributed by atoms with van der Waals surface area (Å²) in [5, 5.41) is 12.3. The molecule has 0 aromatic heterocycles. The average Bonchev–Trinajstić information content (AvgIpc) is 2.48. The first kappa shape index (κ1) is 9.75. The Morgan fingerprint density at radius 1 is 1.50 bits per heavy atom. The Morgan fingerprint density at radius 2 is 2.25 bits per heavy atom. The molecule has 2 atom stereocenters. The van der Waals surface area contributed by atoms with Crippen molar-refractivity contribution in [2.45, 2.75) is 26.3 Å². The molecule has 0 aromatic carbocycles. The summed E-state index contributed by atoms with van der Waals surface area (Å²) in [7, 11) is 0. The number of hydrogen-bond donors (Lipinski definition) is 2. The van der Waals surface area contributed by atoms with E-state index < -0.39 is 0 Å². The molecule has 1 aliphatic carbocycles. The zero-order valence-electron chi connectivity index (χ0n) is 7.96. The van der Waals surface area contributed by atoms with Gasteiger partial charge in [-0.3, -0.25) is 0 Å². The van der Waals surface area contributed by atoms with Crippen LogP contribution < -0.4 is 5.32 Å². The molecular weight excluding hydrogens is 150 g/mol. The molecule has 0 spiro atoms. The number of aliphatic hydroxyl groups is 1. The van der Waals surface area contributed by atoms with E-state index in [0.717, 1.165) is 13.0 Å². The molecule has 0 unspecified atom stereocenters. The smallest absolute Gasteiger partial charge is 0.0494 e. The van der Waals surface area contributed by atoms with E-state index in [1.54, 1.807) is 0 Å². The molecule has 0 aromatic rings. The second-order valence-corrected chi connectivity index (χ2v) is 3.97. The maximum atomic E-state index is 8.88. The third-order valence-electron chi connectivity index (χ3n) is 2.20. The molecule has 0 amide bonds. The Morgan fingerprint density at radius 3 is 2.75 bits per heavy atom. The summed E-state index contributed by atoms with van der Waals surface area (Å²) in [6.45, 7) is 5.76. The lowest BCUT2D eigenvalue weighted by Crippen LogP contribution is -2.29. The second kappa shape index (κ2) is 4.63. The predicted octanol–water partition coefficient (Wildman–Crippen LogP) is 1.17. The molecule has 1 aliphatic rings. The van der Waals surface area contributed by atoms with Gasteiger partial charge in [0.1, 0.15) is 0 Å². The number of nitrogens with one attached hydrogen (secondary N) is 1. The van der Waals surface area contributed by atoms with Crippen LogP contribution >= 0.6 is 0 Å². The van der Waals surface area contributed by atoms with E-state index in [1.807, 2.05) is 0 Å². The largest absolute Gasteiger partial charge is 0.396 e. The van der Waals surface area contributed by atoms with Gasteiger partial charge < -0.3 is 10.4 Å². The molecule has 70 valence electrons. The Kier molecular flexibility index (Phi) is 3.76. The first-order chi connectivity index (χ1) is 5.72. The molecule has 2 heteroatoms. The molecule has 1 rings (SSSR count). The average molecular weight is 169 g/mol. The van der Waals surface area contributed by atoms with Crippen molar-refractivity contribution in [2.24, 2.45) is 11.8 Å². The Hall–Kier alpha value is -0.340. The van der Waals surface area contributed by atoms with Gasteiger partial charge in [0.25, 0.3) is 0 Å². The highest BCUT2D eigenvalue weighted by Crippen LogP contribution is 2.16. The number of hydrogen-bond acceptors (Lipinski definition) is 2. The van der Waals surface area contributed by atoms with Crippen LogP contribution in [0.5, 0.6) is 0 Å². The van der Waals surface area contributed by atoms with Gasteiger partial charge in [0.2, 0.25) is 0 Å². The van der Waals surface area contributed by atoms with E-state index >= 15 is 0 Å². The molecule has 0 aliphatic heterocycles. The lowest BCUT2D eigenvalue weighted by molar-refractivity contribution is 0.246. The normalized spacial score (nSPS) is 28.7. The zero-order valence-corrected chi connectivity index (χ0v) is 7.96. The SMILES string of the molecule is CC(C)CN[C@@H]1C=C[C@H](CO)C1. The third kappa shape index (κ3) is 2.95. The van der Waals surface area contributed by atoms with Gasteiger partial charge in [-0.05, 0) is 18.9 Å². The van der Waals surface area contributed by atoms with Crippen LogP contribution in [-0.2, 0) is 0 Å². The molecule has 0 bridgehead atoms. The molecular formula is C10H19NO. The van der Waals surface area contributed by atoms with Crippen LogP contribution in [0.15, 0.2) is 12.2 Å². The first-order valence-corrected chi connectivity index (χ1v) is 4.75. The summed E-state index contributed by atoms with van der Waals surface area (Å²) < 4.78 is 0. The fourth-order valence-corrected chi connectivity index (χ4v) is 1.45. The van der Waals surface area contributed by atoms with Crippen LogP contribution in [-0.4, -0.2) is 24.3 Å². The van der Waals surface area contributed by atoms with E-state index in [1.165, 1.54) is 0 Å². The lowest BCUT2D eigenvalue weighted by Gasteiger charge is -2.13. The van der Waals surface area contributed by atoms with E-state index in [9.17, 15) is 0 Å². The Labute approximate surface area is 74.7 Å². The van der Waals surface area contributed by atoms with Gasteiger partial charge in [0.15, 0.2) is 0 Å². The van der Waals surface area contributed by atoms with Crippen molar-refractivity contribution < 1.29 is 5.11 Å². The Balaban J connectivity index is 2.16. The van der Waals surface area contributed by atoms with Crippen molar-refractivity contribution in [3.63, 3.8) is 0 Å². The van der Waals surface area contributed by atoms with Crippen molar-refractivity contribution >= 4 is 0 Å². The highest BCUT2D eigenvalue weighted by atomic mass is 16.3. The summed E-state index contributed by atoms with van der Waals surface area (Å²) in [5.74, 6) is 1.08. The standard InChI is InChI=1S/C10H19NO/c1-8(2)6-11-10-4-3-9(5-10)7-12/h3-4,8-12H,5-7H2,1-2H3/t9-,10+/m0/s1. The molecule has 0 saturated heterocycles. The van der Waals surface area contributed by atoms with E-state index in [-0.39, 0.29) is 6.61 Å².